The normalized spacial score (nSPS) is 27.1. The van der Waals surface area contributed by atoms with Gasteiger partial charge in [0, 0.05) is 0 Å². The quantitative estimate of drug-likeness (QED) is 0.214. The molecule has 0 aromatic heterocycles. The van der Waals surface area contributed by atoms with E-state index in [0.717, 1.165) is 12.8 Å². The van der Waals surface area contributed by atoms with E-state index in [1.54, 1.807) is 7.11 Å². The molecule has 0 radical (unpaired) electrons. The molecule has 0 fully saturated rings. The van der Waals surface area contributed by atoms with Gasteiger partial charge in [-0.15, -0.1) is 0 Å². The molecule has 4 nitrogen and oxygen atoms in total. The first-order chi connectivity index (χ1) is 12.6. The zero-order chi connectivity index (χ0) is 20.8. The summed E-state index contributed by atoms with van der Waals surface area (Å²) < 4.78 is 64.8. The molecule has 2 unspecified atom stereocenters. The Bertz CT molecular complexity index is 546. The van der Waals surface area contributed by atoms with Crippen LogP contribution in [0, 0.1) is 0 Å². The molecular formula is C18H27F3O4PdS. The molecule has 0 bridgehead atoms. The second kappa shape index (κ2) is 14.5. The summed E-state index contributed by atoms with van der Waals surface area (Å²) in [6.07, 6.45) is 23.7. The number of ether oxygens (including phenoxy) is 1. The standard InChI is InChI=1S/C9H15O.C8H12.CHF3O3S.Pd/c1-10-9-7-5-3-2-4-6-8-9;1-2-4-6-8-7-5-3-1;2-1(3,4)8(5,6)7;/h2-3,8-9H,4-7H2,1H3;1-2,7-8H,3-6H2;(H,5,6,7);/q;;;+1/p-1/b3-2-;2-1-,8-7-;;. The summed E-state index contributed by atoms with van der Waals surface area (Å²) in [5, 5.41) is 0. The third-order valence-electron chi connectivity index (χ3n) is 3.68. The van der Waals surface area contributed by atoms with Crippen molar-refractivity contribution in [3.8, 4) is 0 Å². The maximum absolute atomic E-state index is 10.7. The Kier molecular flexibility index (Phi) is 14.3. The van der Waals surface area contributed by atoms with Crippen molar-refractivity contribution in [2.75, 3.05) is 7.11 Å². The third kappa shape index (κ3) is 14.2. The smallest absolute Gasteiger partial charge is 0.485 e. The van der Waals surface area contributed by atoms with Crippen LogP contribution in [0.1, 0.15) is 51.4 Å². The van der Waals surface area contributed by atoms with Crippen LogP contribution in [0.25, 0.3) is 0 Å². The first kappa shape index (κ1) is 26.5. The van der Waals surface area contributed by atoms with E-state index >= 15 is 0 Å². The molecule has 2 atom stereocenters. The van der Waals surface area contributed by atoms with E-state index in [1.165, 1.54) is 38.5 Å². The molecular weight excluding hydrogens is 476 g/mol. The van der Waals surface area contributed by atoms with Crippen molar-refractivity contribution in [1.29, 1.82) is 0 Å². The number of alkyl halides is 3. The summed E-state index contributed by atoms with van der Waals surface area (Å²) in [6.45, 7) is 0. The van der Waals surface area contributed by atoms with Gasteiger partial charge in [-0.05, 0) is 25.7 Å². The zero-order valence-corrected chi connectivity index (χ0v) is 17.6. The summed E-state index contributed by atoms with van der Waals surface area (Å²) in [6, 6.07) is 0. The Morgan fingerprint density at radius 3 is 1.56 bits per heavy atom. The fourth-order valence-electron chi connectivity index (χ4n) is 2.21. The first-order valence-electron chi connectivity index (χ1n) is 8.70. The number of allylic oxidation sites excluding steroid dienone is 6. The minimum atomic E-state index is -6.09. The largest absolute Gasteiger partial charge is 0.741 e. The van der Waals surface area contributed by atoms with Crippen molar-refractivity contribution >= 4 is 10.1 Å². The molecule has 0 aromatic rings. The van der Waals surface area contributed by atoms with E-state index in [9.17, 15) is 13.2 Å². The zero-order valence-electron chi connectivity index (χ0n) is 15.3. The number of rotatable bonds is 1. The van der Waals surface area contributed by atoms with Crippen molar-refractivity contribution in [2.24, 2.45) is 0 Å². The predicted octanol–water partition coefficient (Wildman–Crippen LogP) is 5.19. The average Bonchev–Trinajstić information content (AvgIpc) is 2.50. The summed E-state index contributed by atoms with van der Waals surface area (Å²) in [4.78, 5) is 0. The van der Waals surface area contributed by atoms with Gasteiger partial charge in [0.2, 0.25) is 0 Å². The van der Waals surface area contributed by atoms with Gasteiger partial charge in [0.05, 0.1) is 0 Å². The van der Waals surface area contributed by atoms with E-state index in [1.807, 2.05) is 0 Å². The molecule has 0 spiro atoms. The van der Waals surface area contributed by atoms with Gasteiger partial charge in [0.15, 0.2) is 10.1 Å². The summed E-state index contributed by atoms with van der Waals surface area (Å²) >= 11 is 3.37. The Balaban J connectivity index is 0.000000384. The molecule has 0 heterocycles. The van der Waals surface area contributed by atoms with Crippen LogP contribution in [0.15, 0.2) is 36.5 Å². The summed E-state index contributed by atoms with van der Waals surface area (Å²) in [5.74, 6) is 0. The molecule has 2 aliphatic carbocycles. The molecule has 0 N–H and O–H groups in total. The summed E-state index contributed by atoms with van der Waals surface area (Å²) in [7, 11) is -4.29. The van der Waals surface area contributed by atoms with Gasteiger partial charge in [0.1, 0.15) is 0 Å². The molecule has 2 rings (SSSR count). The van der Waals surface area contributed by atoms with E-state index in [-0.39, 0.29) is 0 Å². The van der Waals surface area contributed by atoms with Crippen LogP contribution in [-0.4, -0.2) is 31.7 Å². The number of hydrogen-bond acceptors (Lipinski definition) is 4. The Morgan fingerprint density at radius 2 is 1.22 bits per heavy atom. The van der Waals surface area contributed by atoms with Gasteiger partial charge >= 0.3 is 84.9 Å². The molecule has 0 amide bonds. The second-order valence-corrected chi connectivity index (χ2v) is 8.39. The van der Waals surface area contributed by atoms with Gasteiger partial charge in [-0.25, -0.2) is 8.42 Å². The van der Waals surface area contributed by atoms with Gasteiger partial charge in [-0.1, -0.05) is 24.3 Å². The predicted molar refractivity (Wildman–Crippen MR) is 94.7 cm³/mol. The first-order valence-corrected chi connectivity index (χ1v) is 11.0. The van der Waals surface area contributed by atoms with Crippen LogP contribution in [0.5, 0.6) is 0 Å². The van der Waals surface area contributed by atoms with Crippen molar-refractivity contribution in [3.63, 3.8) is 0 Å². The minimum Gasteiger partial charge on any atom is -0.741 e. The minimum absolute atomic E-state index is 0.419. The van der Waals surface area contributed by atoms with Crippen LogP contribution in [0.2, 0.25) is 4.39 Å². The van der Waals surface area contributed by atoms with Crippen LogP contribution in [-0.2, 0) is 34.1 Å². The Labute approximate surface area is 171 Å². The molecule has 27 heavy (non-hydrogen) atoms. The third-order valence-corrected chi connectivity index (χ3v) is 5.27. The van der Waals surface area contributed by atoms with Crippen molar-refractivity contribution in [1.82, 2.24) is 0 Å². The topological polar surface area (TPSA) is 66.4 Å². The monoisotopic (exact) mass is 502 g/mol. The summed E-state index contributed by atoms with van der Waals surface area (Å²) in [5.41, 5.74) is -5.65. The van der Waals surface area contributed by atoms with Gasteiger partial charge in [-0.3, -0.25) is 0 Å². The fourth-order valence-corrected chi connectivity index (χ4v) is 2.94. The van der Waals surface area contributed by atoms with Crippen molar-refractivity contribution in [2.45, 2.75) is 67.4 Å². The van der Waals surface area contributed by atoms with E-state index in [0.29, 0.717) is 10.5 Å². The van der Waals surface area contributed by atoms with Gasteiger partial charge in [-0.2, -0.15) is 13.2 Å². The average molecular weight is 503 g/mol. The van der Waals surface area contributed by atoms with Crippen molar-refractivity contribution < 1.29 is 50.1 Å². The SMILES string of the molecule is C1=C\CC/C=C\CC/1.COC1CC/C=C\CC[CH]1[Pd+].O=S(=O)([O-])C(F)(F)F. The Hall–Kier alpha value is -0.458. The van der Waals surface area contributed by atoms with Crippen LogP contribution >= 0.6 is 0 Å². The maximum atomic E-state index is 10.7. The van der Waals surface area contributed by atoms with E-state index in [2.05, 4.69) is 55.7 Å². The van der Waals surface area contributed by atoms with Crippen molar-refractivity contribution in [3.05, 3.63) is 36.5 Å². The Morgan fingerprint density at radius 1 is 0.889 bits per heavy atom. The van der Waals surface area contributed by atoms with E-state index < -0.39 is 15.6 Å². The van der Waals surface area contributed by atoms with Crippen LogP contribution < -0.4 is 0 Å². The molecule has 0 aliphatic heterocycles. The number of halogens is 3. The molecule has 0 saturated heterocycles. The number of methoxy groups -OCH3 is 1. The fraction of sp³-hybridized carbons (Fsp3) is 0.667. The molecule has 0 aromatic carbocycles. The molecule has 160 valence electrons. The maximum Gasteiger partial charge on any atom is 0.485 e. The van der Waals surface area contributed by atoms with Crippen LogP contribution in [0.4, 0.5) is 13.2 Å². The van der Waals surface area contributed by atoms with Crippen LogP contribution in [0.3, 0.4) is 0 Å². The molecule has 9 heteroatoms. The molecule has 0 saturated carbocycles. The van der Waals surface area contributed by atoms with E-state index in [4.69, 9.17) is 17.7 Å². The second-order valence-electron chi connectivity index (χ2n) is 5.87. The molecule has 2 aliphatic rings. The van der Waals surface area contributed by atoms with Gasteiger partial charge in [0.25, 0.3) is 0 Å². The van der Waals surface area contributed by atoms with Gasteiger partial charge < -0.3 is 4.55 Å². The number of hydrogen-bond donors (Lipinski definition) is 0.